The molecule has 1 heterocycles. The van der Waals surface area contributed by atoms with Gasteiger partial charge in [0.2, 0.25) is 23.6 Å². The number of benzene rings is 1. The van der Waals surface area contributed by atoms with Crippen LogP contribution in [-0.2, 0) is 44.6 Å². The molecule has 1 saturated heterocycles. The number of likely N-dealkylation sites (N-methyl/N-ethyl adjacent to an activating group) is 2. The summed E-state index contributed by atoms with van der Waals surface area (Å²) in [6.07, 6.45) is 0.966. The SMILES string of the molecule is CC[C@H](C)[C@@H]([C@@H](CC(=O)N1[C@@H](C)CC[C@H]1[C@H](OC)[C@@H](C)C(=O)N[C@@H](Cc1ccccc1)C(=O)OC(C)(C)C)OC)N(C)C(=O)[C@@H](NC(=O)[C@@H](NC)C(C)C)C(C)C. The number of nitrogens with one attached hydrogen (secondary N) is 3. The van der Waals surface area contributed by atoms with Gasteiger partial charge in [-0.1, -0.05) is 85.2 Å². The molecule has 0 aromatic heterocycles. The third-order valence-electron chi connectivity index (χ3n) is 11.4. The van der Waals surface area contributed by atoms with Gasteiger partial charge in [-0.25, -0.2) is 4.79 Å². The first-order valence-electron chi connectivity index (χ1n) is 20.8. The molecule has 3 N–H and O–H groups in total. The van der Waals surface area contributed by atoms with E-state index in [1.165, 1.54) is 7.11 Å². The van der Waals surface area contributed by atoms with E-state index in [1.807, 2.05) is 83.7 Å². The van der Waals surface area contributed by atoms with Gasteiger partial charge >= 0.3 is 5.97 Å². The summed E-state index contributed by atoms with van der Waals surface area (Å²) in [6, 6.07) is 6.24. The minimum Gasteiger partial charge on any atom is -0.458 e. The molecule has 1 aliphatic heterocycles. The van der Waals surface area contributed by atoms with Crippen molar-refractivity contribution in [2.75, 3.05) is 28.3 Å². The molecule has 0 radical (unpaired) electrons. The number of amides is 4. The Balaban J connectivity index is 2.36. The lowest BCUT2D eigenvalue weighted by atomic mass is 9.89. The van der Waals surface area contributed by atoms with Crippen molar-refractivity contribution in [3.8, 4) is 0 Å². The van der Waals surface area contributed by atoms with Crippen LogP contribution in [0.1, 0.15) is 107 Å². The fourth-order valence-corrected chi connectivity index (χ4v) is 8.08. The predicted molar refractivity (Wildman–Crippen MR) is 223 cm³/mol. The highest BCUT2D eigenvalue weighted by Gasteiger charge is 2.45. The van der Waals surface area contributed by atoms with E-state index < -0.39 is 59.9 Å². The first kappa shape index (κ1) is 49.6. The molecule has 4 amide bonds. The van der Waals surface area contributed by atoms with Gasteiger partial charge < -0.3 is 40.0 Å². The van der Waals surface area contributed by atoms with Gasteiger partial charge in [-0.3, -0.25) is 19.2 Å². The number of ether oxygens (including phenoxy) is 3. The van der Waals surface area contributed by atoms with Crippen LogP contribution in [0.25, 0.3) is 0 Å². The van der Waals surface area contributed by atoms with Gasteiger partial charge in [-0.05, 0) is 70.9 Å². The summed E-state index contributed by atoms with van der Waals surface area (Å²) in [4.78, 5) is 72.8. The lowest BCUT2D eigenvalue weighted by Gasteiger charge is -2.41. The molecule has 13 nitrogen and oxygen atoms in total. The maximum atomic E-state index is 14.5. The molecule has 1 aliphatic rings. The molecule has 1 aromatic carbocycles. The second-order valence-corrected chi connectivity index (χ2v) is 17.6. The zero-order valence-electron chi connectivity index (χ0n) is 37.5. The smallest absolute Gasteiger partial charge is 0.329 e. The molecule has 57 heavy (non-hydrogen) atoms. The topological polar surface area (TPSA) is 156 Å². The quantitative estimate of drug-likeness (QED) is 0.150. The first-order valence-corrected chi connectivity index (χ1v) is 20.8. The van der Waals surface area contributed by atoms with Gasteiger partial charge in [0.25, 0.3) is 0 Å². The summed E-state index contributed by atoms with van der Waals surface area (Å²) >= 11 is 0. The van der Waals surface area contributed by atoms with Crippen molar-refractivity contribution in [2.45, 2.75) is 162 Å². The predicted octanol–water partition coefficient (Wildman–Crippen LogP) is 4.75. The molecule has 2 rings (SSSR count). The monoisotopic (exact) mass is 802 g/mol. The maximum Gasteiger partial charge on any atom is 0.329 e. The van der Waals surface area contributed by atoms with Crippen LogP contribution in [0.4, 0.5) is 0 Å². The van der Waals surface area contributed by atoms with Gasteiger partial charge in [0, 0.05) is 33.7 Å². The van der Waals surface area contributed by atoms with E-state index in [2.05, 4.69) is 16.0 Å². The Labute approximate surface area is 343 Å². The van der Waals surface area contributed by atoms with Gasteiger partial charge in [0.1, 0.15) is 17.7 Å². The van der Waals surface area contributed by atoms with Crippen LogP contribution >= 0.6 is 0 Å². The normalized spacial score (nSPS) is 20.2. The van der Waals surface area contributed by atoms with E-state index in [0.717, 1.165) is 12.0 Å². The number of hydrogen-bond acceptors (Lipinski definition) is 9. The Bertz CT molecular complexity index is 1450. The van der Waals surface area contributed by atoms with Crippen LogP contribution in [-0.4, -0.2) is 122 Å². The summed E-state index contributed by atoms with van der Waals surface area (Å²) in [5.41, 5.74) is 0.129. The molecule has 0 aliphatic carbocycles. The molecule has 0 unspecified atom stereocenters. The van der Waals surface area contributed by atoms with Crippen molar-refractivity contribution in [3.63, 3.8) is 0 Å². The van der Waals surface area contributed by atoms with Crippen LogP contribution in [0.3, 0.4) is 0 Å². The fourth-order valence-electron chi connectivity index (χ4n) is 8.08. The Hall–Kier alpha value is -3.55. The zero-order valence-corrected chi connectivity index (χ0v) is 37.5. The molecule has 1 aromatic rings. The number of carbonyl (C=O) groups is 5. The molecular formula is C44H75N5O8. The molecule has 0 saturated carbocycles. The Kier molecular flexibility index (Phi) is 19.6. The van der Waals surface area contributed by atoms with Crippen molar-refractivity contribution >= 4 is 29.6 Å². The van der Waals surface area contributed by atoms with Crippen LogP contribution in [0.5, 0.6) is 0 Å². The highest BCUT2D eigenvalue weighted by molar-refractivity contribution is 5.90. The number of carbonyl (C=O) groups excluding carboxylic acids is 5. The number of esters is 1. The van der Waals surface area contributed by atoms with Gasteiger partial charge in [-0.2, -0.15) is 0 Å². The van der Waals surface area contributed by atoms with Crippen molar-refractivity contribution in [3.05, 3.63) is 35.9 Å². The van der Waals surface area contributed by atoms with E-state index in [0.29, 0.717) is 12.8 Å². The number of hydrogen-bond donors (Lipinski definition) is 3. The summed E-state index contributed by atoms with van der Waals surface area (Å²) in [5, 5.41) is 8.98. The second kappa shape index (κ2) is 22.6. The van der Waals surface area contributed by atoms with Crippen LogP contribution < -0.4 is 16.0 Å². The van der Waals surface area contributed by atoms with Gasteiger partial charge in [0.15, 0.2) is 0 Å². The summed E-state index contributed by atoms with van der Waals surface area (Å²) in [6.45, 7) is 20.9. The standard InChI is InChI=1S/C44H75N5O8/c1-16-28(6)38(48(13)42(53)37(27(4)5)47-41(52)36(45-12)26(2)3)34(55-14)25-35(50)49-29(7)22-23-33(49)39(56-15)30(8)40(51)46-32(43(54)57-44(9,10)11)24-31-20-18-17-19-21-31/h17-21,26-30,32-34,36-39,45H,16,22-25H2,1-15H3,(H,46,51)(H,47,52)/t28-,29-,30+,32-,33-,34+,36-,37-,38-,39+/m0/s1. The molecule has 0 spiro atoms. The van der Waals surface area contributed by atoms with Crippen molar-refractivity contribution in [1.82, 2.24) is 25.8 Å². The molecule has 10 atom stereocenters. The number of methoxy groups -OCH3 is 2. The fraction of sp³-hybridized carbons (Fsp3) is 0.750. The Morgan fingerprint density at radius 3 is 1.96 bits per heavy atom. The van der Waals surface area contributed by atoms with Crippen LogP contribution in [0, 0.1) is 23.7 Å². The molecule has 0 bridgehead atoms. The van der Waals surface area contributed by atoms with Gasteiger partial charge in [0.05, 0.1) is 42.7 Å². The van der Waals surface area contributed by atoms with E-state index >= 15 is 0 Å². The van der Waals surface area contributed by atoms with Crippen LogP contribution in [0.2, 0.25) is 0 Å². The van der Waals surface area contributed by atoms with Crippen LogP contribution in [0.15, 0.2) is 30.3 Å². The molecular weight excluding hydrogens is 727 g/mol. The Morgan fingerprint density at radius 1 is 0.877 bits per heavy atom. The highest BCUT2D eigenvalue weighted by Crippen LogP contribution is 2.33. The van der Waals surface area contributed by atoms with E-state index in [4.69, 9.17) is 14.2 Å². The summed E-state index contributed by atoms with van der Waals surface area (Å²) in [5.74, 6) is -2.51. The van der Waals surface area contributed by atoms with Crippen molar-refractivity contribution < 1.29 is 38.2 Å². The Morgan fingerprint density at radius 2 is 1.47 bits per heavy atom. The minimum atomic E-state index is -0.928. The lowest BCUT2D eigenvalue weighted by Crippen LogP contribution is -2.59. The second-order valence-electron chi connectivity index (χ2n) is 17.6. The highest BCUT2D eigenvalue weighted by atomic mass is 16.6. The maximum absolute atomic E-state index is 14.5. The first-order chi connectivity index (χ1) is 26.6. The number of nitrogens with zero attached hydrogens (tertiary/aromatic N) is 2. The molecule has 1 fully saturated rings. The minimum absolute atomic E-state index is 0.00729. The largest absolute Gasteiger partial charge is 0.458 e. The third-order valence-corrected chi connectivity index (χ3v) is 11.4. The lowest BCUT2D eigenvalue weighted by molar-refractivity contribution is -0.159. The van der Waals surface area contributed by atoms with E-state index in [-0.39, 0.29) is 60.3 Å². The van der Waals surface area contributed by atoms with E-state index in [9.17, 15) is 24.0 Å². The number of likely N-dealkylation sites (tertiary alicyclic amines) is 1. The van der Waals surface area contributed by atoms with Gasteiger partial charge in [-0.15, -0.1) is 0 Å². The van der Waals surface area contributed by atoms with Crippen molar-refractivity contribution in [2.24, 2.45) is 23.7 Å². The average molecular weight is 802 g/mol. The van der Waals surface area contributed by atoms with E-state index in [1.54, 1.807) is 53.8 Å². The zero-order chi connectivity index (χ0) is 43.4. The van der Waals surface area contributed by atoms with Crippen molar-refractivity contribution in [1.29, 1.82) is 0 Å². The molecule has 13 heteroatoms. The summed E-state index contributed by atoms with van der Waals surface area (Å²) < 4.78 is 17.8. The number of rotatable bonds is 21. The molecule has 324 valence electrons. The average Bonchev–Trinajstić information content (AvgIpc) is 3.53. The summed E-state index contributed by atoms with van der Waals surface area (Å²) in [7, 11) is 6.54. The third kappa shape index (κ3) is 13.8.